The second-order valence-electron chi connectivity index (χ2n) is 7.60. The standard InChI is InChI=1S/C25H28N2O6S/c1-27(2)34(29,30)21-12-10-18(11-13-21)16-26-25(28)20-14-22(31-3)24(23(15-20)32-4)33-17-19-8-6-5-7-9-19/h5-15H,16-17H2,1-4H3,(H,26,28). The van der Waals surface area contributed by atoms with Crippen LogP contribution in [0, 0.1) is 0 Å². The molecule has 8 nitrogen and oxygen atoms in total. The third-order valence-electron chi connectivity index (χ3n) is 5.10. The molecule has 0 saturated heterocycles. The van der Waals surface area contributed by atoms with E-state index in [4.69, 9.17) is 14.2 Å². The van der Waals surface area contributed by atoms with Gasteiger partial charge in [0.15, 0.2) is 11.5 Å². The number of carbonyl (C=O) groups is 1. The SMILES string of the molecule is COc1cc(C(=O)NCc2ccc(S(=O)(=O)N(C)C)cc2)cc(OC)c1OCc1ccccc1. The van der Waals surface area contributed by atoms with Gasteiger partial charge in [0.05, 0.1) is 19.1 Å². The van der Waals surface area contributed by atoms with Crippen LogP contribution in [0.4, 0.5) is 0 Å². The largest absolute Gasteiger partial charge is 0.493 e. The molecular formula is C25H28N2O6S. The van der Waals surface area contributed by atoms with Crippen molar-refractivity contribution in [3.63, 3.8) is 0 Å². The number of ether oxygens (including phenoxy) is 3. The molecule has 0 fully saturated rings. The van der Waals surface area contributed by atoms with Crippen LogP contribution in [0.3, 0.4) is 0 Å². The maximum atomic E-state index is 12.8. The van der Waals surface area contributed by atoms with Gasteiger partial charge in [0.1, 0.15) is 6.61 Å². The molecule has 0 spiro atoms. The smallest absolute Gasteiger partial charge is 0.251 e. The summed E-state index contributed by atoms with van der Waals surface area (Å²) in [5.74, 6) is 0.816. The van der Waals surface area contributed by atoms with Crippen LogP contribution in [0.2, 0.25) is 0 Å². The number of methoxy groups -OCH3 is 2. The molecule has 0 saturated carbocycles. The summed E-state index contributed by atoms with van der Waals surface area (Å²) in [6.07, 6.45) is 0. The van der Waals surface area contributed by atoms with Crippen LogP contribution in [0.1, 0.15) is 21.5 Å². The Morgan fingerprint density at radius 3 is 2.00 bits per heavy atom. The van der Waals surface area contributed by atoms with E-state index in [1.54, 1.807) is 24.3 Å². The summed E-state index contributed by atoms with van der Waals surface area (Å²) < 4.78 is 42.4. The third kappa shape index (κ3) is 5.86. The zero-order valence-electron chi connectivity index (χ0n) is 19.6. The molecule has 0 radical (unpaired) electrons. The fraction of sp³-hybridized carbons (Fsp3) is 0.240. The second kappa shape index (κ2) is 11.0. The summed E-state index contributed by atoms with van der Waals surface area (Å²) >= 11 is 0. The van der Waals surface area contributed by atoms with Crippen LogP contribution in [0.5, 0.6) is 17.2 Å². The Balaban J connectivity index is 1.72. The van der Waals surface area contributed by atoms with E-state index in [0.29, 0.717) is 29.4 Å². The highest BCUT2D eigenvalue weighted by Crippen LogP contribution is 2.39. The van der Waals surface area contributed by atoms with Gasteiger partial charge in [-0.05, 0) is 35.4 Å². The van der Waals surface area contributed by atoms with Gasteiger partial charge in [0, 0.05) is 26.2 Å². The van der Waals surface area contributed by atoms with Gasteiger partial charge in [-0.2, -0.15) is 0 Å². The molecule has 9 heteroatoms. The number of rotatable bonds is 10. The molecule has 1 amide bonds. The molecule has 34 heavy (non-hydrogen) atoms. The average molecular weight is 485 g/mol. The number of hydrogen-bond acceptors (Lipinski definition) is 6. The zero-order valence-corrected chi connectivity index (χ0v) is 20.4. The van der Waals surface area contributed by atoms with Crippen molar-refractivity contribution in [1.82, 2.24) is 9.62 Å². The lowest BCUT2D eigenvalue weighted by molar-refractivity contribution is 0.0950. The number of amides is 1. The first kappa shape index (κ1) is 25.1. The first-order valence-electron chi connectivity index (χ1n) is 10.5. The fourth-order valence-corrected chi connectivity index (χ4v) is 4.06. The van der Waals surface area contributed by atoms with Crippen molar-refractivity contribution in [1.29, 1.82) is 0 Å². The normalized spacial score (nSPS) is 11.2. The summed E-state index contributed by atoms with van der Waals surface area (Å²) in [5.41, 5.74) is 2.08. The van der Waals surface area contributed by atoms with Gasteiger partial charge < -0.3 is 19.5 Å². The van der Waals surface area contributed by atoms with Crippen LogP contribution in [0.25, 0.3) is 0 Å². The maximum Gasteiger partial charge on any atom is 0.251 e. The highest BCUT2D eigenvalue weighted by molar-refractivity contribution is 7.89. The summed E-state index contributed by atoms with van der Waals surface area (Å²) in [7, 11) is 2.44. The van der Waals surface area contributed by atoms with Gasteiger partial charge in [0.25, 0.3) is 5.91 Å². The quantitative estimate of drug-likeness (QED) is 0.474. The summed E-state index contributed by atoms with van der Waals surface area (Å²) in [6, 6.07) is 19.2. The van der Waals surface area contributed by atoms with E-state index in [1.807, 2.05) is 30.3 Å². The fourth-order valence-electron chi connectivity index (χ4n) is 3.16. The Bertz CT molecular complexity index is 1200. The van der Waals surface area contributed by atoms with Crippen LogP contribution < -0.4 is 19.5 Å². The van der Waals surface area contributed by atoms with Gasteiger partial charge in [-0.15, -0.1) is 0 Å². The summed E-state index contributed by atoms with van der Waals surface area (Å²) in [4.78, 5) is 13.0. The molecule has 0 aliphatic rings. The van der Waals surface area contributed by atoms with Crippen LogP contribution >= 0.6 is 0 Å². The molecule has 180 valence electrons. The molecule has 1 N–H and O–H groups in total. The Kier molecular flexibility index (Phi) is 8.14. The third-order valence-corrected chi connectivity index (χ3v) is 6.93. The molecule has 3 aromatic rings. The minimum Gasteiger partial charge on any atom is -0.493 e. The van der Waals surface area contributed by atoms with Gasteiger partial charge in [0.2, 0.25) is 15.8 Å². The van der Waals surface area contributed by atoms with E-state index in [9.17, 15) is 13.2 Å². The van der Waals surface area contributed by atoms with Gasteiger partial charge in [-0.1, -0.05) is 42.5 Å². The monoisotopic (exact) mass is 484 g/mol. The van der Waals surface area contributed by atoms with Gasteiger partial charge in [-0.3, -0.25) is 4.79 Å². The van der Waals surface area contributed by atoms with Crippen molar-refractivity contribution in [2.75, 3.05) is 28.3 Å². The average Bonchev–Trinajstić information content (AvgIpc) is 2.86. The molecular weight excluding hydrogens is 456 g/mol. The van der Waals surface area contributed by atoms with Crippen molar-refractivity contribution in [3.8, 4) is 17.2 Å². The van der Waals surface area contributed by atoms with E-state index in [-0.39, 0.29) is 17.3 Å². The lowest BCUT2D eigenvalue weighted by atomic mass is 10.1. The molecule has 3 rings (SSSR count). The second-order valence-corrected chi connectivity index (χ2v) is 9.75. The van der Waals surface area contributed by atoms with Crippen LogP contribution in [-0.4, -0.2) is 46.9 Å². The molecule has 0 aliphatic carbocycles. The van der Waals surface area contributed by atoms with E-state index < -0.39 is 10.0 Å². The van der Waals surface area contributed by atoms with Crippen molar-refractivity contribution in [2.24, 2.45) is 0 Å². The van der Waals surface area contributed by atoms with E-state index in [2.05, 4.69) is 5.32 Å². The Morgan fingerprint density at radius 1 is 0.882 bits per heavy atom. The van der Waals surface area contributed by atoms with Crippen molar-refractivity contribution >= 4 is 15.9 Å². The molecule has 0 aliphatic heterocycles. The predicted molar refractivity (Wildman–Crippen MR) is 129 cm³/mol. The lowest BCUT2D eigenvalue weighted by Gasteiger charge is -2.16. The highest BCUT2D eigenvalue weighted by Gasteiger charge is 2.19. The summed E-state index contributed by atoms with van der Waals surface area (Å²) in [6.45, 7) is 0.538. The van der Waals surface area contributed by atoms with Crippen molar-refractivity contribution in [3.05, 3.63) is 83.4 Å². The summed E-state index contributed by atoms with van der Waals surface area (Å²) in [5, 5.41) is 2.83. The molecule has 0 unspecified atom stereocenters. The highest BCUT2D eigenvalue weighted by atomic mass is 32.2. The number of nitrogens with zero attached hydrogens (tertiary/aromatic N) is 1. The minimum atomic E-state index is -3.50. The van der Waals surface area contributed by atoms with Gasteiger partial charge >= 0.3 is 0 Å². The zero-order chi connectivity index (χ0) is 24.7. The predicted octanol–water partition coefficient (Wildman–Crippen LogP) is 3.46. The topological polar surface area (TPSA) is 94.2 Å². The minimum absolute atomic E-state index is 0.188. The molecule has 0 heterocycles. The number of carbonyl (C=O) groups excluding carboxylic acids is 1. The van der Waals surface area contributed by atoms with Crippen molar-refractivity contribution < 1.29 is 27.4 Å². The van der Waals surface area contributed by atoms with Gasteiger partial charge in [-0.25, -0.2) is 12.7 Å². The Labute approximate surface area is 200 Å². The molecule has 0 aromatic heterocycles. The van der Waals surface area contributed by atoms with E-state index in [1.165, 1.54) is 40.4 Å². The number of sulfonamides is 1. The Hall–Kier alpha value is -3.56. The molecule has 0 bridgehead atoms. The number of nitrogens with one attached hydrogen (secondary N) is 1. The lowest BCUT2D eigenvalue weighted by Crippen LogP contribution is -2.23. The van der Waals surface area contributed by atoms with Crippen LogP contribution in [0.15, 0.2) is 71.6 Å². The van der Waals surface area contributed by atoms with Crippen LogP contribution in [-0.2, 0) is 23.2 Å². The Morgan fingerprint density at radius 2 is 1.47 bits per heavy atom. The first-order valence-corrected chi connectivity index (χ1v) is 11.9. The van der Waals surface area contributed by atoms with E-state index in [0.717, 1.165) is 15.4 Å². The molecule has 3 aromatic carbocycles. The first-order chi connectivity index (χ1) is 16.3. The van der Waals surface area contributed by atoms with E-state index >= 15 is 0 Å². The number of hydrogen-bond donors (Lipinski definition) is 1. The van der Waals surface area contributed by atoms with Crippen molar-refractivity contribution in [2.45, 2.75) is 18.0 Å². The molecule has 0 atom stereocenters. The number of benzene rings is 3. The maximum absolute atomic E-state index is 12.8.